The number of carbonyl (C=O) groups is 1. The molecule has 4 fully saturated rings. The topological polar surface area (TPSA) is 153 Å². The standard InChI is InChI=1S/C26H35ClO11/c1-4-13-7-12-8-15(10-16(27)9-12)25(13)26(34-3,38-37-25)14-5-6-17(33-2)18(11-14)35-24-21(30)19(28)20(29)22(36-24)23(31)32/h5-6,11-13,15-16,19-22,24,28-30H,4,7-10H2,1-3H3,(H,31,32)/t12?,13?,15?,16?,19-,20-,21+,22-,24+,25?,26?/m0/s1. The lowest BCUT2D eigenvalue weighted by atomic mass is 9.54. The smallest absolute Gasteiger partial charge is 0.335 e. The summed E-state index contributed by atoms with van der Waals surface area (Å²) in [6.45, 7) is 2.12. The van der Waals surface area contributed by atoms with Crippen LogP contribution in [0, 0.1) is 17.8 Å². The molecule has 12 heteroatoms. The summed E-state index contributed by atoms with van der Waals surface area (Å²) >= 11 is 6.65. The Hall–Kier alpha value is -1.70. The molecule has 11 nitrogen and oxygen atoms in total. The van der Waals surface area contributed by atoms with Gasteiger partial charge in [-0.05, 0) is 61.6 Å². The summed E-state index contributed by atoms with van der Waals surface area (Å²) in [6.07, 6.45) is -4.31. The SMILES string of the molecule is CCC1CC2CC(Cl)CC(C2)C12OOC2(OC)c1ccc(OC)c(O[C@@H]2O[C@H](C(=O)O)[C@@H](O)[C@H](O)[C@H]2O)c1. The van der Waals surface area contributed by atoms with Crippen molar-refractivity contribution in [2.24, 2.45) is 17.8 Å². The highest BCUT2D eigenvalue weighted by atomic mass is 35.5. The number of fused-ring (bicyclic) bond motifs is 3. The highest BCUT2D eigenvalue weighted by molar-refractivity contribution is 6.20. The van der Waals surface area contributed by atoms with Crippen LogP contribution in [0.4, 0.5) is 0 Å². The van der Waals surface area contributed by atoms with Crippen LogP contribution in [0.25, 0.3) is 0 Å². The summed E-state index contributed by atoms with van der Waals surface area (Å²) in [6, 6.07) is 5.01. The van der Waals surface area contributed by atoms with Crippen molar-refractivity contribution in [1.82, 2.24) is 0 Å². The summed E-state index contributed by atoms with van der Waals surface area (Å²) in [5, 5.41) is 40.1. The summed E-state index contributed by atoms with van der Waals surface area (Å²) < 4.78 is 22.7. The van der Waals surface area contributed by atoms with Crippen molar-refractivity contribution in [3.8, 4) is 11.5 Å². The second-order valence-corrected chi connectivity index (χ2v) is 11.3. The Labute approximate surface area is 225 Å². The van der Waals surface area contributed by atoms with Crippen LogP contribution in [0.1, 0.15) is 44.6 Å². The first-order chi connectivity index (χ1) is 18.1. The average molecular weight is 559 g/mol. The van der Waals surface area contributed by atoms with Crippen molar-refractivity contribution in [2.45, 2.75) is 86.5 Å². The summed E-state index contributed by atoms with van der Waals surface area (Å²) in [5.41, 5.74) is -0.224. The van der Waals surface area contributed by atoms with Gasteiger partial charge in [-0.1, -0.05) is 13.3 Å². The van der Waals surface area contributed by atoms with E-state index in [-0.39, 0.29) is 28.7 Å². The Bertz CT molecular complexity index is 1030. The molecule has 212 valence electrons. The van der Waals surface area contributed by atoms with Crippen molar-refractivity contribution >= 4 is 17.6 Å². The van der Waals surface area contributed by atoms with Crippen LogP contribution in [-0.4, -0.2) is 82.3 Å². The molecule has 1 spiro atoms. The Morgan fingerprint density at radius 2 is 1.82 bits per heavy atom. The van der Waals surface area contributed by atoms with E-state index < -0.39 is 48.1 Å². The minimum atomic E-state index is -1.84. The number of carboxylic acid groups (broad SMARTS) is 1. The highest BCUT2D eigenvalue weighted by Gasteiger charge is 2.74. The number of rotatable bonds is 7. The number of carboxylic acids is 1. The van der Waals surface area contributed by atoms with Gasteiger partial charge in [-0.3, -0.25) is 0 Å². The van der Waals surface area contributed by atoms with E-state index in [2.05, 4.69) is 6.92 Å². The molecule has 1 aromatic rings. The van der Waals surface area contributed by atoms with E-state index in [1.807, 2.05) is 0 Å². The third kappa shape index (κ3) is 4.10. The van der Waals surface area contributed by atoms with Gasteiger partial charge in [-0.15, -0.1) is 11.6 Å². The van der Waals surface area contributed by atoms with Crippen LogP contribution < -0.4 is 9.47 Å². The first-order valence-corrected chi connectivity index (χ1v) is 13.4. The molecule has 2 heterocycles. The number of hydrogen-bond acceptors (Lipinski definition) is 10. The zero-order valence-electron chi connectivity index (χ0n) is 21.5. The number of methoxy groups -OCH3 is 2. The number of alkyl halides is 1. The first kappa shape index (κ1) is 27.9. The molecule has 0 aromatic heterocycles. The largest absolute Gasteiger partial charge is 0.493 e. The van der Waals surface area contributed by atoms with E-state index >= 15 is 0 Å². The molecule has 11 atom stereocenters. The van der Waals surface area contributed by atoms with E-state index in [9.17, 15) is 25.2 Å². The predicted molar refractivity (Wildman–Crippen MR) is 130 cm³/mol. The minimum Gasteiger partial charge on any atom is -0.493 e. The van der Waals surface area contributed by atoms with E-state index in [1.54, 1.807) is 25.3 Å². The number of halogens is 1. The molecule has 6 unspecified atom stereocenters. The van der Waals surface area contributed by atoms with Crippen molar-refractivity contribution in [3.63, 3.8) is 0 Å². The molecule has 2 saturated heterocycles. The molecule has 0 radical (unpaired) electrons. The molecule has 4 aliphatic rings. The number of aliphatic hydroxyl groups is 3. The van der Waals surface area contributed by atoms with Gasteiger partial charge in [0.05, 0.1) is 7.11 Å². The third-order valence-corrected chi connectivity index (χ3v) is 9.13. The van der Waals surface area contributed by atoms with E-state index in [0.717, 1.165) is 32.1 Å². The average Bonchev–Trinajstić information content (AvgIpc) is 2.88. The van der Waals surface area contributed by atoms with Crippen LogP contribution >= 0.6 is 11.6 Å². The van der Waals surface area contributed by atoms with Gasteiger partial charge in [-0.2, -0.15) is 4.89 Å². The molecular weight excluding hydrogens is 524 g/mol. The molecule has 2 bridgehead atoms. The second-order valence-electron chi connectivity index (χ2n) is 10.7. The highest BCUT2D eigenvalue weighted by Crippen LogP contribution is 2.65. The second kappa shape index (κ2) is 10.4. The minimum absolute atomic E-state index is 0.0378. The van der Waals surface area contributed by atoms with Crippen LogP contribution in [0.15, 0.2) is 18.2 Å². The lowest BCUT2D eigenvalue weighted by Gasteiger charge is -2.65. The molecular formula is C26H35ClO11. The quantitative estimate of drug-likeness (QED) is 0.287. The Kier molecular flexibility index (Phi) is 7.60. The van der Waals surface area contributed by atoms with Crippen molar-refractivity contribution in [2.75, 3.05) is 14.2 Å². The monoisotopic (exact) mass is 558 g/mol. The van der Waals surface area contributed by atoms with Gasteiger partial charge >= 0.3 is 5.97 Å². The number of aliphatic hydroxyl groups excluding tert-OH is 3. The molecule has 4 N–H and O–H groups in total. The molecule has 2 saturated carbocycles. The number of aliphatic carboxylic acids is 1. The lowest BCUT2D eigenvalue weighted by molar-refractivity contribution is -0.641. The van der Waals surface area contributed by atoms with Crippen LogP contribution in [0.5, 0.6) is 11.5 Å². The summed E-state index contributed by atoms with van der Waals surface area (Å²) in [5.74, 6) is -1.70. The van der Waals surface area contributed by atoms with Gasteiger partial charge in [0.1, 0.15) is 18.3 Å². The van der Waals surface area contributed by atoms with Gasteiger partial charge in [0, 0.05) is 18.1 Å². The molecule has 2 aliphatic heterocycles. The van der Waals surface area contributed by atoms with Gasteiger partial charge in [0.25, 0.3) is 5.79 Å². The molecule has 2 aliphatic carbocycles. The number of benzene rings is 1. The number of hydrogen-bond donors (Lipinski definition) is 4. The van der Waals surface area contributed by atoms with Gasteiger partial charge in [0.15, 0.2) is 23.2 Å². The Balaban J connectivity index is 1.51. The maximum absolute atomic E-state index is 11.5. The first-order valence-electron chi connectivity index (χ1n) is 13.0. The Morgan fingerprint density at radius 1 is 1.05 bits per heavy atom. The summed E-state index contributed by atoms with van der Waals surface area (Å²) in [7, 11) is 2.98. The normalized spacial score (nSPS) is 44.3. The van der Waals surface area contributed by atoms with E-state index in [0.29, 0.717) is 11.5 Å². The molecule has 0 amide bonds. The van der Waals surface area contributed by atoms with Crippen LogP contribution in [0.2, 0.25) is 0 Å². The Morgan fingerprint density at radius 3 is 2.42 bits per heavy atom. The maximum Gasteiger partial charge on any atom is 0.335 e. The fourth-order valence-corrected chi connectivity index (χ4v) is 7.47. The zero-order valence-corrected chi connectivity index (χ0v) is 22.2. The predicted octanol–water partition coefficient (Wildman–Crippen LogP) is 1.92. The van der Waals surface area contributed by atoms with E-state index in [4.69, 9.17) is 40.3 Å². The number of ether oxygens (including phenoxy) is 4. The zero-order chi connectivity index (χ0) is 27.4. The van der Waals surface area contributed by atoms with Gasteiger partial charge in [0.2, 0.25) is 6.29 Å². The fourth-order valence-electron chi connectivity index (χ4n) is 7.01. The van der Waals surface area contributed by atoms with Crippen LogP contribution in [0.3, 0.4) is 0 Å². The maximum atomic E-state index is 11.5. The molecule has 1 aromatic carbocycles. The van der Waals surface area contributed by atoms with Crippen LogP contribution in [-0.2, 0) is 29.8 Å². The third-order valence-electron chi connectivity index (χ3n) is 8.77. The van der Waals surface area contributed by atoms with Crippen molar-refractivity contribution in [3.05, 3.63) is 23.8 Å². The van der Waals surface area contributed by atoms with Gasteiger partial charge in [-0.25, -0.2) is 9.68 Å². The fraction of sp³-hybridized carbons (Fsp3) is 0.731. The lowest BCUT2D eigenvalue weighted by Crippen LogP contribution is -2.74. The molecule has 5 rings (SSSR count). The van der Waals surface area contributed by atoms with Gasteiger partial charge < -0.3 is 39.4 Å². The summed E-state index contributed by atoms with van der Waals surface area (Å²) in [4.78, 5) is 23.4. The molecule has 38 heavy (non-hydrogen) atoms. The van der Waals surface area contributed by atoms with E-state index in [1.165, 1.54) is 7.11 Å². The van der Waals surface area contributed by atoms with Crippen molar-refractivity contribution in [1.29, 1.82) is 0 Å². The van der Waals surface area contributed by atoms with Crippen molar-refractivity contribution < 1.29 is 53.9 Å².